The van der Waals surface area contributed by atoms with E-state index in [9.17, 15) is 20.3 Å². The van der Waals surface area contributed by atoms with Crippen LogP contribution in [0.5, 0.6) is 5.75 Å². The SMILES string of the molecule is O=[N+]([O-])c1ccc(O[C@@H]2OC3COC(c4ccccc4)O[C@H]3C(O)C2O)cc1. The van der Waals surface area contributed by atoms with Crippen LogP contribution in [0.25, 0.3) is 0 Å². The number of ether oxygens (including phenoxy) is 4. The summed E-state index contributed by atoms with van der Waals surface area (Å²) < 4.78 is 22.8. The van der Waals surface area contributed by atoms with Crippen LogP contribution in [0.2, 0.25) is 0 Å². The molecule has 6 atom stereocenters. The van der Waals surface area contributed by atoms with Crippen LogP contribution in [0.15, 0.2) is 54.6 Å². The molecule has 0 spiro atoms. The van der Waals surface area contributed by atoms with Crippen LogP contribution in [0.4, 0.5) is 5.69 Å². The highest BCUT2D eigenvalue weighted by molar-refractivity contribution is 5.36. The molecule has 2 heterocycles. The van der Waals surface area contributed by atoms with Crippen molar-refractivity contribution in [2.75, 3.05) is 6.61 Å². The zero-order valence-electron chi connectivity index (χ0n) is 14.7. The molecule has 0 aromatic heterocycles. The van der Waals surface area contributed by atoms with Crippen LogP contribution < -0.4 is 4.74 Å². The summed E-state index contributed by atoms with van der Waals surface area (Å²) in [6.45, 7) is 0.147. The largest absolute Gasteiger partial charge is 0.462 e. The molecule has 148 valence electrons. The Morgan fingerprint density at radius 2 is 1.71 bits per heavy atom. The van der Waals surface area contributed by atoms with Crippen molar-refractivity contribution >= 4 is 5.69 Å². The van der Waals surface area contributed by atoms with Crippen molar-refractivity contribution < 1.29 is 34.1 Å². The fourth-order valence-electron chi connectivity index (χ4n) is 3.23. The lowest BCUT2D eigenvalue weighted by atomic mass is 9.98. The average Bonchev–Trinajstić information content (AvgIpc) is 2.72. The van der Waals surface area contributed by atoms with Crippen molar-refractivity contribution in [1.29, 1.82) is 0 Å². The van der Waals surface area contributed by atoms with E-state index in [1.165, 1.54) is 24.3 Å². The summed E-state index contributed by atoms with van der Waals surface area (Å²) in [5.74, 6) is 0.264. The number of aliphatic hydroxyl groups excluding tert-OH is 2. The van der Waals surface area contributed by atoms with E-state index in [-0.39, 0.29) is 18.0 Å². The van der Waals surface area contributed by atoms with Crippen molar-refractivity contribution in [3.05, 3.63) is 70.3 Å². The summed E-state index contributed by atoms with van der Waals surface area (Å²) in [7, 11) is 0. The lowest BCUT2D eigenvalue weighted by Crippen LogP contribution is -2.62. The maximum atomic E-state index is 10.7. The summed E-state index contributed by atoms with van der Waals surface area (Å²) in [5, 5.41) is 31.7. The van der Waals surface area contributed by atoms with Crippen LogP contribution in [-0.4, -0.2) is 52.4 Å². The summed E-state index contributed by atoms with van der Waals surface area (Å²) in [6, 6.07) is 14.6. The molecule has 2 aliphatic heterocycles. The van der Waals surface area contributed by atoms with Crippen molar-refractivity contribution in [3.8, 4) is 5.75 Å². The number of nitro benzene ring substituents is 1. The van der Waals surface area contributed by atoms with Crippen LogP contribution in [0, 0.1) is 10.1 Å². The number of nitro groups is 1. The van der Waals surface area contributed by atoms with Gasteiger partial charge in [0, 0.05) is 17.7 Å². The maximum absolute atomic E-state index is 10.7. The molecule has 0 bridgehead atoms. The van der Waals surface area contributed by atoms with Gasteiger partial charge < -0.3 is 29.2 Å². The van der Waals surface area contributed by atoms with Crippen LogP contribution in [-0.2, 0) is 14.2 Å². The van der Waals surface area contributed by atoms with Crippen LogP contribution in [0.3, 0.4) is 0 Å². The minimum Gasteiger partial charge on any atom is -0.462 e. The van der Waals surface area contributed by atoms with Gasteiger partial charge in [0.25, 0.3) is 5.69 Å². The fourth-order valence-corrected chi connectivity index (χ4v) is 3.23. The third kappa shape index (κ3) is 3.71. The lowest BCUT2D eigenvalue weighted by molar-refractivity contribution is -0.384. The predicted molar refractivity (Wildman–Crippen MR) is 94.4 cm³/mol. The second-order valence-electron chi connectivity index (χ2n) is 6.57. The summed E-state index contributed by atoms with van der Waals surface area (Å²) >= 11 is 0. The fraction of sp³-hybridized carbons (Fsp3) is 0.368. The van der Waals surface area contributed by atoms with Gasteiger partial charge in [-0.2, -0.15) is 0 Å². The minimum absolute atomic E-state index is 0.0846. The Labute approximate surface area is 160 Å². The van der Waals surface area contributed by atoms with Gasteiger partial charge in [0.1, 0.15) is 30.2 Å². The van der Waals surface area contributed by atoms with Gasteiger partial charge in [-0.3, -0.25) is 10.1 Å². The predicted octanol–water partition coefficient (Wildman–Crippen LogP) is 1.53. The average molecular weight is 389 g/mol. The van der Waals surface area contributed by atoms with E-state index in [1.807, 2.05) is 30.3 Å². The number of benzene rings is 2. The first kappa shape index (κ1) is 18.8. The molecule has 0 radical (unpaired) electrons. The molecule has 28 heavy (non-hydrogen) atoms. The standard InChI is InChI=1S/C19H19NO8/c21-15-16(22)19(26-13-8-6-12(7-9-13)20(23)24)27-14-10-25-18(28-17(14)15)11-4-2-1-3-5-11/h1-9,14-19,21-22H,10H2/t14?,15?,16?,17-,18?,19-/m1/s1. The van der Waals surface area contributed by atoms with Gasteiger partial charge >= 0.3 is 0 Å². The number of hydrogen-bond acceptors (Lipinski definition) is 8. The smallest absolute Gasteiger partial charge is 0.269 e. The van der Waals surface area contributed by atoms with Gasteiger partial charge in [0.05, 0.1) is 11.5 Å². The molecule has 9 heteroatoms. The van der Waals surface area contributed by atoms with Gasteiger partial charge in [-0.05, 0) is 12.1 Å². The van der Waals surface area contributed by atoms with E-state index < -0.39 is 41.9 Å². The molecule has 2 fully saturated rings. The molecule has 2 aromatic rings. The van der Waals surface area contributed by atoms with Gasteiger partial charge in [-0.1, -0.05) is 30.3 Å². The van der Waals surface area contributed by atoms with Crippen molar-refractivity contribution in [2.45, 2.75) is 37.0 Å². The molecule has 2 N–H and O–H groups in total. The molecule has 4 rings (SSSR count). The third-order valence-corrected chi connectivity index (χ3v) is 4.70. The van der Waals surface area contributed by atoms with Gasteiger partial charge in [-0.15, -0.1) is 0 Å². The van der Waals surface area contributed by atoms with Gasteiger partial charge in [-0.25, -0.2) is 0 Å². The van der Waals surface area contributed by atoms with Crippen molar-refractivity contribution in [2.24, 2.45) is 0 Å². The van der Waals surface area contributed by atoms with E-state index in [1.54, 1.807) is 0 Å². The molecular formula is C19H19NO8. The summed E-state index contributed by atoms with van der Waals surface area (Å²) in [5.41, 5.74) is 0.713. The number of nitrogens with zero attached hydrogens (tertiary/aromatic N) is 1. The van der Waals surface area contributed by atoms with Gasteiger partial charge in [0.15, 0.2) is 6.29 Å². The first-order chi connectivity index (χ1) is 13.5. The minimum atomic E-state index is -1.37. The van der Waals surface area contributed by atoms with Gasteiger partial charge in [0.2, 0.25) is 6.29 Å². The first-order valence-corrected chi connectivity index (χ1v) is 8.77. The molecule has 4 unspecified atom stereocenters. The molecule has 2 aromatic carbocycles. The quantitative estimate of drug-likeness (QED) is 0.597. The highest BCUT2D eigenvalue weighted by atomic mass is 16.8. The summed E-state index contributed by atoms with van der Waals surface area (Å²) in [6.07, 6.45) is -5.88. The molecule has 2 saturated heterocycles. The maximum Gasteiger partial charge on any atom is 0.269 e. The first-order valence-electron chi connectivity index (χ1n) is 8.77. The highest BCUT2D eigenvalue weighted by Gasteiger charge is 2.49. The zero-order chi connectivity index (χ0) is 19.7. The van der Waals surface area contributed by atoms with E-state index in [2.05, 4.69) is 0 Å². The number of rotatable bonds is 4. The van der Waals surface area contributed by atoms with E-state index in [0.29, 0.717) is 0 Å². The normalized spacial score (nSPS) is 32.4. The van der Waals surface area contributed by atoms with E-state index in [0.717, 1.165) is 5.56 Å². The van der Waals surface area contributed by atoms with Crippen LogP contribution in [0.1, 0.15) is 11.9 Å². The molecule has 9 nitrogen and oxygen atoms in total. The highest BCUT2D eigenvalue weighted by Crippen LogP contribution is 2.34. The van der Waals surface area contributed by atoms with E-state index >= 15 is 0 Å². The molecular weight excluding hydrogens is 370 g/mol. The summed E-state index contributed by atoms with van der Waals surface area (Å²) in [4.78, 5) is 10.2. The van der Waals surface area contributed by atoms with Crippen LogP contribution >= 0.6 is 0 Å². The van der Waals surface area contributed by atoms with Crippen molar-refractivity contribution in [1.82, 2.24) is 0 Å². The Kier molecular flexibility index (Phi) is 5.25. The third-order valence-electron chi connectivity index (χ3n) is 4.70. The second-order valence-corrected chi connectivity index (χ2v) is 6.57. The number of aliphatic hydroxyl groups is 2. The molecule has 0 saturated carbocycles. The van der Waals surface area contributed by atoms with E-state index in [4.69, 9.17) is 18.9 Å². The monoisotopic (exact) mass is 389 g/mol. The molecule has 2 aliphatic rings. The Morgan fingerprint density at radius 3 is 2.39 bits per heavy atom. The Hall–Kier alpha value is -2.56. The van der Waals surface area contributed by atoms with Crippen molar-refractivity contribution in [3.63, 3.8) is 0 Å². The number of hydrogen-bond donors (Lipinski definition) is 2. The molecule has 0 amide bonds. The molecule has 0 aliphatic carbocycles. The Balaban J connectivity index is 1.43. The Bertz CT molecular complexity index is 812. The second kappa shape index (κ2) is 7.82. The Morgan fingerprint density at radius 1 is 1.00 bits per heavy atom. The zero-order valence-corrected chi connectivity index (χ0v) is 14.7. The topological polar surface area (TPSA) is 121 Å². The number of fused-ring (bicyclic) bond motifs is 1. The number of non-ortho nitro benzene ring substituents is 1. The lowest BCUT2D eigenvalue weighted by Gasteiger charge is -2.46.